The first-order valence-electron chi connectivity index (χ1n) is 6.08. The average molecular weight is 299 g/mol. The number of pyridine rings is 1. The van der Waals surface area contributed by atoms with E-state index in [1.807, 2.05) is 6.92 Å². The van der Waals surface area contributed by atoms with E-state index >= 15 is 0 Å². The van der Waals surface area contributed by atoms with Crippen molar-refractivity contribution in [3.8, 4) is 11.6 Å². The van der Waals surface area contributed by atoms with E-state index in [0.29, 0.717) is 11.6 Å². The van der Waals surface area contributed by atoms with E-state index in [2.05, 4.69) is 10.3 Å². The summed E-state index contributed by atoms with van der Waals surface area (Å²) < 4.78 is 31.8. The summed E-state index contributed by atoms with van der Waals surface area (Å²) in [5.74, 6) is -1.29. The summed E-state index contributed by atoms with van der Waals surface area (Å²) in [6.07, 6.45) is 1.42. The molecule has 20 heavy (non-hydrogen) atoms. The molecule has 0 atom stereocenters. The van der Waals surface area contributed by atoms with Crippen LogP contribution < -0.4 is 10.1 Å². The van der Waals surface area contributed by atoms with Gasteiger partial charge in [-0.3, -0.25) is 0 Å². The number of hydrogen-bond donors (Lipinski definition) is 1. The second kappa shape index (κ2) is 6.63. The minimum atomic E-state index is -0.656. The molecule has 0 aliphatic heterocycles. The van der Waals surface area contributed by atoms with Crippen molar-refractivity contribution in [2.24, 2.45) is 0 Å². The molecule has 1 aromatic carbocycles. The van der Waals surface area contributed by atoms with Gasteiger partial charge in [-0.15, -0.1) is 0 Å². The van der Waals surface area contributed by atoms with Crippen molar-refractivity contribution in [1.82, 2.24) is 10.3 Å². The van der Waals surface area contributed by atoms with Crippen molar-refractivity contribution >= 4 is 11.6 Å². The van der Waals surface area contributed by atoms with Gasteiger partial charge in [-0.1, -0.05) is 18.5 Å². The first-order valence-corrected chi connectivity index (χ1v) is 6.46. The maximum atomic E-state index is 13.5. The largest absolute Gasteiger partial charge is 0.436 e. The van der Waals surface area contributed by atoms with Crippen molar-refractivity contribution in [1.29, 1.82) is 0 Å². The van der Waals surface area contributed by atoms with Crippen LogP contribution in [0.4, 0.5) is 8.78 Å². The lowest BCUT2D eigenvalue weighted by atomic mass is 10.2. The molecule has 0 fully saturated rings. The van der Waals surface area contributed by atoms with Crippen LogP contribution in [-0.2, 0) is 6.54 Å². The fourth-order valence-electron chi connectivity index (χ4n) is 1.58. The molecule has 0 radical (unpaired) electrons. The Balaban J connectivity index is 2.22. The second-order valence-corrected chi connectivity index (χ2v) is 4.48. The van der Waals surface area contributed by atoms with E-state index < -0.39 is 11.6 Å². The van der Waals surface area contributed by atoms with E-state index in [-0.39, 0.29) is 11.6 Å². The van der Waals surface area contributed by atoms with Gasteiger partial charge in [-0.2, -0.15) is 0 Å². The highest BCUT2D eigenvalue weighted by molar-refractivity contribution is 6.31. The topological polar surface area (TPSA) is 34.1 Å². The zero-order valence-corrected chi connectivity index (χ0v) is 11.5. The molecule has 0 amide bonds. The van der Waals surface area contributed by atoms with E-state index in [4.69, 9.17) is 16.3 Å². The van der Waals surface area contributed by atoms with E-state index in [0.717, 1.165) is 30.3 Å². The van der Waals surface area contributed by atoms with Crippen LogP contribution in [0.2, 0.25) is 5.02 Å². The quantitative estimate of drug-likeness (QED) is 0.908. The molecule has 2 aromatic rings. The van der Waals surface area contributed by atoms with Crippen LogP contribution in [0.25, 0.3) is 0 Å². The van der Waals surface area contributed by atoms with Crippen LogP contribution in [0.15, 0.2) is 30.5 Å². The summed E-state index contributed by atoms with van der Waals surface area (Å²) in [7, 11) is 0. The van der Waals surface area contributed by atoms with Gasteiger partial charge in [0.2, 0.25) is 5.88 Å². The zero-order chi connectivity index (χ0) is 14.5. The minimum Gasteiger partial charge on any atom is -0.436 e. The van der Waals surface area contributed by atoms with Crippen molar-refractivity contribution < 1.29 is 13.5 Å². The van der Waals surface area contributed by atoms with Crippen LogP contribution in [0, 0.1) is 11.6 Å². The lowest BCUT2D eigenvalue weighted by molar-refractivity contribution is 0.422. The number of hydrogen-bond acceptors (Lipinski definition) is 3. The van der Waals surface area contributed by atoms with Crippen molar-refractivity contribution in [3.63, 3.8) is 0 Å². The smallest absolute Gasteiger partial charge is 0.219 e. The Hall–Kier alpha value is -1.72. The molecule has 0 spiro atoms. The van der Waals surface area contributed by atoms with Crippen molar-refractivity contribution in [3.05, 3.63) is 52.7 Å². The van der Waals surface area contributed by atoms with Gasteiger partial charge in [0.05, 0.1) is 5.02 Å². The standard InChI is InChI=1S/C14H13ClF2N2O/c1-2-18-7-9-5-14(19-8-11(9)15)20-13-6-10(16)3-4-12(13)17/h3-6,8,18H,2,7H2,1H3. The SMILES string of the molecule is CCNCc1cc(Oc2cc(F)ccc2F)ncc1Cl. The van der Waals surface area contributed by atoms with Crippen LogP contribution in [0.3, 0.4) is 0 Å². The predicted molar refractivity (Wildman–Crippen MR) is 73.1 cm³/mol. The molecule has 0 saturated heterocycles. The number of nitrogens with zero attached hydrogens (tertiary/aromatic N) is 1. The van der Waals surface area contributed by atoms with E-state index in [9.17, 15) is 8.78 Å². The fraction of sp³-hybridized carbons (Fsp3) is 0.214. The zero-order valence-electron chi connectivity index (χ0n) is 10.8. The number of ether oxygens (including phenoxy) is 1. The molecule has 0 bridgehead atoms. The van der Waals surface area contributed by atoms with Gasteiger partial charge in [0.1, 0.15) is 5.82 Å². The average Bonchev–Trinajstić information content (AvgIpc) is 2.43. The van der Waals surface area contributed by atoms with Gasteiger partial charge in [-0.25, -0.2) is 13.8 Å². The Morgan fingerprint density at radius 3 is 2.85 bits per heavy atom. The summed E-state index contributed by atoms with van der Waals surface area (Å²) in [5, 5.41) is 3.60. The van der Waals surface area contributed by atoms with Gasteiger partial charge in [-0.05, 0) is 24.2 Å². The van der Waals surface area contributed by atoms with Gasteiger partial charge >= 0.3 is 0 Å². The minimum absolute atomic E-state index is 0.159. The highest BCUT2D eigenvalue weighted by atomic mass is 35.5. The lowest BCUT2D eigenvalue weighted by Gasteiger charge is -2.09. The second-order valence-electron chi connectivity index (χ2n) is 4.07. The molecular formula is C14H13ClF2N2O. The third kappa shape index (κ3) is 3.65. The molecular weight excluding hydrogens is 286 g/mol. The number of benzene rings is 1. The van der Waals surface area contributed by atoms with E-state index in [1.165, 1.54) is 6.20 Å². The van der Waals surface area contributed by atoms with Crippen LogP contribution in [0.5, 0.6) is 11.6 Å². The molecule has 0 aliphatic carbocycles. The highest BCUT2D eigenvalue weighted by Gasteiger charge is 2.09. The number of halogens is 3. The molecule has 6 heteroatoms. The van der Waals surface area contributed by atoms with Crippen LogP contribution in [0.1, 0.15) is 12.5 Å². The molecule has 1 N–H and O–H groups in total. The molecule has 0 aliphatic rings. The number of aromatic nitrogens is 1. The Morgan fingerprint density at radius 1 is 1.30 bits per heavy atom. The van der Waals surface area contributed by atoms with Crippen molar-refractivity contribution in [2.75, 3.05) is 6.54 Å². The van der Waals surface area contributed by atoms with Gasteiger partial charge in [0, 0.05) is 24.9 Å². The van der Waals surface area contributed by atoms with E-state index in [1.54, 1.807) is 6.07 Å². The lowest BCUT2D eigenvalue weighted by Crippen LogP contribution is -2.12. The molecule has 1 heterocycles. The summed E-state index contributed by atoms with van der Waals surface area (Å²) in [6, 6.07) is 4.58. The Bertz CT molecular complexity index is 608. The number of rotatable bonds is 5. The Morgan fingerprint density at radius 2 is 2.10 bits per heavy atom. The van der Waals surface area contributed by atoms with Gasteiger partial charge in [0.25, 0.3) is 0 Å². The fourth-order valence-corrected chi connectivity index (χ4v) is 1.75. The first-order chi connectivity index (χ1) is 9.60. The Kier molecular flexibility index (Phi) is 4.87. The molecule has 0 unspecified atom stereocenters. The molecule has 1 aromatic heterocycles. The first kappa shape index (κ1) is 14.7. The third-order valence-corrected chi connectivity index (χ3v) is 2.92. The molecule has 0 saturated carbocycles. The van der Waals surface area contributed by atoms with Crippen molar-refractivity contribution in [2.45, 2.75) is 13.5 Å². The van der Waals surface area contributed by atoms with Gasteiger partial charge < -0.3 is 10.1 Å². The Labute approximate surface area is 120 Å². The van der Waals surface area contributed by atoms with Crippen LogP contribution in [-0.4, -0.2) is 11.5 Å². The summed E-state index contributed by atoms with van der Waals surface area (Å²) in [5.41, 5.74) is 0.773. The third-order valence-electron chi connectivity index (χ3n) is 2.58. The maximum Gasteiger partial charge on any atom is 0.219 e. The highest BCUT2D eigenvalue weighted by Crippen LogP contribution is 2.26. The molecule has 2 rings (SSSR count). The summed E-state index contributed by atoms with van der Waals surface area (Å²) in [6.45, 7) is 3.29. The summed E-state index contributed by atoms with van der Waals surface area (Å²) in [4.78, 5) is 3.94. The normalized spacial score (nSPS) is 10.6. The number of nitrogens with one attached hydrogen (secondary N) is 1. The monoisotopic (exact) mass is 298 g/mol. The maximum absolute atomic E-state index is 13.5. The van der Waals surface area contributed by atoms with Gasteiger partial charge in [0.15, 0.2) is 11.6 Å². The predicted octanol–water partition coefficient (Wildman–Crippen LogP) is 3.92. The molecule has 3 nitrogen and oxygen atoms in total. The van der Waals surface area contributed by atoms with Crippen LogP contribution >= 0.6 is 11.6 Å². The summed E-state index contributed by atoms with van der Waals surface area (Å²) >= 11 is 6.00. The molecule has 106 valence electrons.